The zero-order valence-corrected chi connectivity index (χ0v) is 14.2. The van der Waals surface area contributed by atoms with Crippen LogP contribution in [-0.2, 0) is 0 Å². The van der Waals surface area contributed by atoms with Crippen molar-refractivity contribution in [2.75, 3.05) is 18.0 Å². The molecule has 0 unspecified atom stereocenters. The number of nitrogens with zero attached hydrogens (tertiary/aromatic N) is 2. The molecule has 0 bridgehead atoms. The number of aromatic nitrogens is 1. The molecule has 2 atom stereocenters. The molecule has 1 aromatic rings. The number of nitrogens with two attached hydrogens (primary N) is 1. The first-order valence-electron chi connectivity index (χ1n) is 6.29. The second-order valence-electron chi connectivity index (χ2n) is 5.31. The number of pyridine rings is 1. The molecular formula is C13H20Cl3N3O2. The molecule has 0 saturated carbocycles. The van der Waals surface area contributed by atoms with Gasteiger partial charge in [-0.25, -0.2) is 9.78 Å². The van der Waals surface area contributed by atoms with Crippen molar-refractivity contribution in [1.82, 2.24) is 4.98 Å². The van der Waals surface area contributed by atoms with E-state index in [1.54, 1.807) is 0 Å². The van der Waals surface area contributed by atoms with E-state index in [0.717, 1.165) is 6.54 Å². The Morgan fingerprint density at radius 1 is 1.48 bits per heavy atom. The number of halogens is 3. The number of rotatable bonds is 3. The lowest BCUT2D eigenvalue weighted by atomic mass is 9.92. The fourth-order valence-corrected chi connectivity index (χ4v) is 2.80. The Morgan fingerprint density at radius 3 is 2.52 bits per heavy atom. The zero-order valence-electron chi connectivity index (χ0n) is 11.8. The Bertz CT molecular complexity index is 500. The van der Waals surface area contributed by atoms with Crippen molar-refractivity contribution >= 4 is 48.2 Å². The van der Waals surface area contributed by atoms with E-state index in [1.807, 2.05) is 4.90 Å². The average molecular weight is 357 g/mol. The van der Waals surface area contributed by atoms with E-state index in [9.17, 15) is 4.79 Å². The second kappa shape index (κ2) is 8.03. The van der Waals surface area contributed by atoms with Gasteiger partial charge in [-0.15, -0.1) is 24.8 Å². The molecular weight excluding hydrogens is 337 g/mol. The van der Waals surface area contributed by atoms with Gasteiger partial charge in [-0.3, -0.25) is 0 Å². The van der Waals surface area contributed by atoms with Crippen LogP contribution in [0.4, 0.5) is 5.82 Å². The molecule has 1 saturated heterocycles. The molecule has 2 heterocycles. The smallest absolute Gasteiger partial charge is 0.337 e. The van der Waals surface area contributed by atoms with Gasteiger partial charge >= 0.3 is 5.97 Å². The Kier molecular flexibility index (Phi) is 7.75. The summed E-state index contributed by atoms with van der Waals surface area (Å²) in [6.45, 7) is 5.80. The highest BCUT2D eigenvalue weighted by molar-refractivity contribution is 6.33. The van der Waals surface area contributed by atoms with Crippen LogP contribution in [0.2, 0.25) is 5.02 Å². The van der Waals surface area contributed by atoms with Crippen molar-refractivity contribution in [1.29, 1.82) is 0 Å². The maximum atomic E-state index is 10.8. The number of hydrogen-bond acceptors (Lipinski definition) is 4. The summed E-state index contributed by atoms with van der Waals surface area (Å²) in [7, 11) is 0. The first-order valence-corrected chi connectivity index (χ1v) is 6.67. The maximum absolute atomic E-state index is 10.8. The highest BCUT2D eigenvalue weighted by Gasteiger charge is 2.33. The molecule has 1 fully saturated rings. The van der Waals surface area contributed by atoms with Crippen molar-refractivity contribution in [3.8, 4) is 0 Å². The first kappa shape index (κ1) is 20.2. The number of carboxylic acid groups (broad SMARTS) is 1. The van der Waals surface area contributed by atoms with Gasteiger partial charge in [0, 0.05) is 25.3 Å². The van der Waals surface area contributed by atoms with E-state index in [-0.39, 0.29) is 36.4 Å². The number of carbonyl (C=O) groups is 1. The van der Waals surface area contributed by atoms with E-state index >= 15 is 0 Å². The fourth-order valence-electron chi connectivity index (χ4n) is 2.51. The summed E-state index contributed by atoms with van der Waals surface area (Å²) in [5.41, 5.74) is 6.22. The van der Waals surface area contributed by atoms with Crippen molar-refractivity contribution in [2.45, 2.75) is 19.9 Å². The van der Waals surface area contributed by atoms with Crippen LogP contribution in [0.25, 0.3) is 0 Å². The molecule has 5 nitrogen and oxygen atoms in total. The van der Waals surface area contributed by atoms with Gasteiger partial charge in [-0.1, -0.05) is 25.4 Å². The molecule has 1 aromatic heterocycles. The Balaban J connectivity index is 0.00000200. The second-order valence-corrected chi connectivity index (χ2v) is 5.72. The lowest BCUT2D eigenvalue weighted by molar-refractivity contribution is 0.0696. The zero-order chi connectivity index (χ0) is 14.2. The standard InChI is InChI=1S/C13H18ClN3O2.2ClH/c1-7(2)9-5-17(6-11(9)15)12-10(14)3-8(4-16-12)13(18)19;;/h3-4,7,9,11H,5-6,15H2,1-2H3,(H,18,19);2*1H/t9-,11+;;/m1../s1. The predicted octanol–water partition coefficient (Wildman–Crippen LogP) is 2.70. The van der Waals surface area contributed by atoms with Crippen LogP contribution in [0.15, 0.2) is 12.3 Å². The Morgan fingerprint density at radius 2 is 2.10 bits per heavy atom. The van der Waals surface area contributed by atoms with Crippen LogP contribution in [0.1, 0.15) is 24.2 Å². The van der Waals surface area contributed by atoms with Crippen molar-refractivity contribution in [2.24, 2.45) is 17.6 Å². The summed E-state index contributed by atoms with van der Waals surface area (Å²) in [5, 5.41) is 9.25. The molecule has 0 amide bonds. The van der Waals surface area contributed by atoms with Gasteiger partial charge in [0.2, 0.25) is 0 Å². The van der Waals surface area contributed by atoms with Gasteiger partial charge in [0.05, 0.1) is 10.6 Å². The third-order valence-corrected chi connectivity index (χ3v) is 3.92. The molecule has 2 rings (SSSR count). The maximum Gasteiger partial charge on any atom is 0.337 e. The van der Waals surface area contributed by atoms with E-state index in [1.165, 1.54) is 12.3 Å². The first-order chi connectivity index (χ1) is 8.90. The van der Waals surface area contributed by atoms with Gasteiger partial charge in [0.15, 0.2) is 0 Å². The molecule has 1 aliphatic rings. The fraction of sp³-hybridized carbons (Fsp3) is 0.538. The Labute approximate surface area is 141 Å². The largest absolute Gasteiger partial charge is 0.478 e. The highest BCUT2D eigenvalue weighted by Crippen LogP contribution is 2.31. The monoisotopic (exact) mass is 355 g/mol. The van der Waals surface area contributed by atoms with Crippen LogP contribution < -0.4 is 10.6 Å². The van der Waals surface area contributed by atoms with Crippen LogP contribution in [-0.4, -0.2) is 35.2 Å². The summed E-state index contributed by atoms with van der Waals surface area (Å²) in [5.74, 6) is 0.485. The van der Waals surface area contributed by atoms with E-state index in [4.69, 9.17) is 22.4 Å². The van der Waals surface area contributed by atoms with Crippen LogP contribution in [0, 0.1) is 11.8 Å². The average Bonchev–Trinajstić information content (AvgIpc) is 2.71. The minimum absolute atomic E-state index is 0. The number of aromatic carboxylic acids is 1. The van der Waals surface area contributed by atoms with Crippen molar-refractivity contribution < 1.29 is 9.90 Å². The van der Waals surface area contributed by atoms with Crippen LogP contribution >= 0.6 is 36.4 Å². The van der Waals surface area contributed by atoms with Crippen LogP contribution in [0.3, 0.4) is 0 Å². The van der Waals surface area contributed by atoms with Crippen LogP contribution in [0.5, 0.6) is 0 Å². The molecule has 0 radical (unpaired) electrons. The minimum atomic E-state index is -1.03. The van der Waals surface area contributed by atoms with Gasteiger partial charge in [-0.05, 0) is 17.9 Å². The highest BCUT2D eigenvalue weighted by atomic mass is 35.5. The lowest BCUT2D eigenvalue weighted by Crippen LogP contribution is -2.32. The molecule has 3 N–H and O–H groups in total. The summed E-state index contributed by atoms with van der Waals surface area (Å²) >= 11 is 6.12. The predicted molar refractivity (Wildman–Crippen MR) is 89.2 cm³/mol. The quantitative estimate of drug-likeness (QED) is 0.870. The SMILES string of the molecule is CC(C)[C@H]1CN(c2ncc(C(=O)O)cc2Cl)C[C@@H]1N.Cl.Cl. The summed E-state index contributed by atoms with van der Waals surface area (Å²) in [6, 6.07) is 1.53. The van der Waals surface area contributed by atoms with E-state index in [0.29, 0.717) is 29.2 Å². The van der Waals surface area contributed by atoms with Crippen molar-refractivity contribution in [3.63, 3.8) is 0 Å². The number of hydrogen-bond donors (Lipinski definition) is 2. The molecule has 0 spiro atoms. The Hall–Kier alpha value is -0.750. The normalized spacial score (nSPS) is 20.9. The van der Waals surface area contributed by atoms with E-state index in [2.05, 4.69) is 18.8 Å². The van der Waals surface area contributed by atoms with Gasteiger partial charge in [-0.2, -0.15) is 0 Å². The summed E-state index contributed by atoms with van der Waals surface area (Å²) in [6.07, 6.45) is 1.33. The third-order valence-electron chi connectivity index (χ3n) is 3.64. The molecule has 120 valence electrons. The summed E-state index contributed by atoms with van der Waals surface area (Å²) < 4.78 is 0. The van der Waals surface area contributed by atoms with E-state index < -0.39 is 5.97 Å². The molecule has 0 aromatic carbocycles. The van der Waals surface area contributed by atoms with Gasteiger partial charge in [0.25, 0.3) is 0 Å². The molecule has 1 aliphatic heterocycles. The van der Waals surface area contributed by atoms with Gasteiger partial charge in [0.1, 0.15) is 5.82 Å². The molecule has 0 aliphatic carbocycles. The third kappa shape index (κ3) is 4.36. The lowest BCUT2D eigenvalue weighted by Gasteiger charge is -2.20. The molecule has 8 heteroatoms. The molecule has 21 heavy (non-hydrogen) atoms. The topological polar surface area (TPSA) is 79.5 Å². The van der Waals surface area contributed by atoms with Crippen molar-refractivity contribution in [3.05, 3.63) is 22.8 Å². The number of anilines is 1. The minimum Gasteiger partial charge on any atom is -0.478 e. The van der Waals surface area contributed by atoms with Gasteiger partial charge < -0.3 is 15.7 Å². The summed E-state index contributed by atoms with van der Waals surface area (Å²) in [4.78, 5) is 17.0. The number of carboxylic acids is 1.